The molecular formula is C16H25N3O. The summed E-state index contributed by atoms with van der Waals surface area (Å²) in [6.45, 7) is 2.55. The number of nitrogens with one attached hydrogen (secondary N) is 2. The molecule has 4 N–H and O–H groups in total. The van der Waals surface area contributed by atoms with Gasteiger partial charge in [0.2, 0.25) is 0 Å². The fourth-order valence-corrected chi connectivity index (χ4v) is 2.73. The quantitative estimate of drug-likeness (QED) is 0.584. The highest BCUT2D eigenvalue weighted by Gasteiger charge is 2.14. The van der Waals surface area contributed by atoms with E-state index < -0.39 is 0 Å². The van der Waals surface area contributed by atoms with Crippen LogP contribution >= 0.6 is 0 Å². The highest BCUT2D eigenvalue weighted by Crippen LogP contribution is 2.25. The zero-order valence-corrected chi connectivity index (χ0v) is 12.2. The van der Waals surface area contributed by atoms with Crippen LogP contribution in [0.2, 0.25) is 0 Å². The first-order chi connectivity index (χ1) is 9.70. The summed E-state index contributed by atoms with van der Waals surface area (Å²) < 4.78 is 0. The van der Waals surface area contributed by atoms with Gasteiger partial charge in [-0.15, -0.1) is 0 Å². The maximum Gasteiger partial charge on any atom is 0.251 e. The Bertz CT molecular complexity index is 451. The normalized spacial score (nSPS) is 16.4. The first-order valence-corrected chi connectivity index (χ1v) is 7.65. The number of rotatable bonds is 4. The van der Waals surface area contributed by atoms with Crippen LogP contribution in [0.3, 0.4) is 0 Å². The van der Waals surface area contributed by atoms with Gasteiger partial charge in [-0.2, -0.15) is 0 Å². The van der Waals surface area contributed by atoms with E-state index in [4.69, 9.17) is 5.73 Å². The summed E-state index contributed by atoms with van der Waals surface area (Å²) in [5.74, 6) is -0.0450. The number of amides is 1. The van der Waals surface area contributed by atoms with Crippen molar-refractivity contribution in [1.29, 1.82) is 0 Å². The Kier molecular flexibility index (Phi) is 5.27. The van der Waals surface area contributed by atoms with Gasteiger partial charge in [0.25, 0.3) is 5.91 Å². The van der Waals surface area contributed by atoms with Crippen LogP contribution < -0.4 is 16.4 Å². The van der Waals surface area contributed by atoms with E-state index in [1.165, 1.54) is 38.5 Å². The van der Waals surface area contributed by atoms with Crippen molar-refractivity contribution in [2.45, 2.75) is 51.5 Å². The van der Waals surface area contributed by atoms with Crippen molar-refractivity contribution in [1.82, 2.24) is 5.32 Å². The van der Waals surface area contributed by atoms with Gasteiger partial charge in [0.05, 0.1) is 11.4 Å². The molecule has 0 atom stereocenters. The molecule has 0 unspecified atom stereocenters. The Labute approximate surface area is 121 Å². The Morgan fingerprint density at radius 1 is 1.25 bits per heavy atom. The van der Waals surface area contributed by atoms with Gasteiger partial charge in [0.1, 0.15) is 0 Å². The van der Waals surface area contributed by atoms with Crippen LogP contribution in [-0.4, -0.2) is 18.5 Å². The fraction of sp³-hybridized carbons (Fsp3) is 0.562. The van der Waals surface area contributed by atoms with Gasteiger partial charge in [0.15, 0.2) is 0 Å². The molecule has 0 spiro atoms. The predicted octanol–water partition coefficient (Wildman–Crippen LogP) is 3.15. The Morgan fingerprint density at radius 2 is 1.95 bits per heavy atom. The van der Waals surface area contributed by atoms with Crippen LogP contribution in [-0.2, 0) is 0 Å². The van der Waals surface area contributed by atoms with Crippen molar-refractivity contribution in [3.63, 3.8) is 0 Å². The van der Waals surface area contributed by atoms with Crippen LogP contribution in [0.5, 0.6) is 0 Å². The van der Waals surface area contributed by atoms with E-state index in [0.29, 0.717) is 23.8 Å². The lowest BCUT2D eigenvalue weighted by Crippen LogP contribution is -2.23. The molecule has 20 heavy (non-hydrogen) atoms. The fourth-order valence-electron chi connectivity index (χ4n) is 2.73. The molecule has 4 nitrogen and oxygen atoms in total. The van der Waals surface area contributed by atoms with Crippen molar-refractivity contribution >= 4 is 17.3 Å². The van der Waals surface area contributed by atoms with Crippen molar-refractivity contribution in [2.75, 3.05) is 17.6 Å². The van der Waals surface area contributed by atoms with Gasteiger partial charge in [-0.3, -0.25) is 4.79 Å². The lowest BCUT2D eigenvalue weighted by atomic mass is 10.1. The van der Waals surface area contributed by atoms with Gasteiger partial charge in [-0.1, -0.05) is 25.7 Å². The molecule has 0 bridgehead atoms. The van der Waals surface area contributed by atoms with Crippen molar-refractivity contribution in [3.05, 3.63) is 23.8 Å². The molecule has 1 saturated carbocycles. The molecule has 2 rings (SSSR count). The van der Waals surface area contributed by atoms with Gasteiger partial charge in [0, 0.05) is 18.2 Å². The monoisotopic (exact) mass is 275 g/mol. The Balaban J connectivity index is 2.09. The summed E-state index contributed by atoms with van der Waals surface area (Å²) in [7, 11) is 0. The van der Waals surface area contributed by atoms with Crippen molar-refractivity contribution in [3.8, 4) is 0 Å². The molecule has 0 aliphatic heterocycles. The summed E-state index contributed by atoms with van der Waals surface area (Å²) in [4.78, 5) is 11.9. The van der Waals surface area contributed by atoms with Crippen molar-refractivity contribution < 1.29 is 4.79 Å². The van der Waals surface area contributed by atoms with Crippen LogP contribution in [0.25, 0.3) is 0 Å². The molecule has 0 saturated heterocycles. The number of anilines is 2. The van der Waals surface area contributed by atoms with E-state index >= 15 is 0 Å². The Morgan fingerprint density at radius 3 is 2.60 bits per heavy atom. The summed E-state index contributed by atoms with van der Waals surface area (Å²) >= 11 is 0. The number of hydrogen-bond donors (Lipinski definition) is 3. The van der Waals surface area contributed by atoms with E-state index in [-0.39, 0.29) is 5.91 Å². The number of carbonyl (C=O) groups excluding carboxylic acids is 1. The number of nitrogen functional groups attached to an aromatic ring is 1. The SMILES string of the molecule is CCNC(=O)c1ccc(N)c(NC2CCCCCC2)c1. The molecule has 0 heterocycles. The zero-order valence-electron chi connectivity index (χ0n) is 12.2. The highest BCUT2D eigenvalue weighted by molar-refractivity contribution is 5.96. The van der Waals surface area contributed by atoms with Gasteiger partial charge in [-0.05, 0) is 38.0 Å². The zero-order chi connectivity index (χ0) is 14.4. The molecule has 1 aromatic rings. The van der Waals surface area contributed by atoms with Gasteiger partial charge < -0.3 is 16.4 Å². The average molecular weight is 275 g/mol. The molecule has 1 fully saturated rings. The van der Waals surface area contributed by atoms with E-state index in [1.54, 1.807) is 6.07 Å². The molecule has 0 radical (unpaired) electrons. The maximum absolute atomic E-state index is 11.9. The number of benzene rings is 1. The lowest BCUT2D eigenvalue weighted by Gasteiger charge is -2.19. The van der Waals surface area contributed by atoms with E-state index in [1.807, 2.05) is 19.1 Å². The van der Waals surface area contributed by atoms with Crippen molar-refractivity contribution in [2.24, 2.45) is 0 Å². The molecule has 4 heteroatoms. The number of hydrogen-bond acceptors (Lipinski definition) is 3. The molecular weight excluding hydrogens is 250 g/mol. The van der Waals surface area contributed by atoms with Gasteiger partial charge >= 0.3 is 0 Å². The smallest absolute Gasteiger partial charge is 0.251 e. The Hall–Kier alpha value is -1.71. The number of carbonyl (C=O) groups is 1. The molecule has 1 aliphatic carbocycles. The minimum atomic E-state index is -0.0450. The lowest BCUT2D eigenvalue weighted by molar-refractivity contribution is 0.0956. The highest BCUT2D eigenvalue weighted by atomic mass is 16.1. The summed E-state index contributed by atoms with van der Waals surface area (Å²) in [5.41, 5.74) is 8.29. The summed E-state index contributed by atoms with van der Waals surface area (Å²) in [6.07, 6.45) is 7.57. The van der Waals surface area contributed by atoms with Crippen LogP contribution in [0, 0.1) is 0 Å². The second-order valence-electron chi connectivity index (χ2n) is 5.49. The third kappa shape index (κ3) is 3.89. The largest absolute Gasteiger partial charge is 0.397 e. The van der Waals surface area contributed by atoms with Crippen LogP contribution in [0.4, 0.5) is 11.4 Å². The minimum Gasteiger partial charge on any atom is -0.397 e. The maximum atomic E-state index is 11.9. The summed E-state index contributed by atoms with van der Waals surface area (Å²) in [5, 5.41) is 6.34. The predicted molar refractivity (Wildman–Crippen MR) is 84.0 cm³/mol. The van der Waals surface area contributed by atoms with E-state index in [9.17, 15) is 4.79 Å². The third-order valence-corrected chi connectivity index (χ3v) is 3.87. The van der Waals surface area contributed by atoms with Crippen LogP contribution in [0.15, 0.2) is 18.2 Å². The van der Waals surface area contributed by atoms with Gasteiger partial charge in [-0.25, -0.2) is 0 Å². The third-order valence-electron chi connectivity index (χ3n) is 3.87. The topological polar surface area (TPSA) is 67.2 Å². The number of nitrogens with two attached hydrogens (primary N) is 1. The molecule has 110 valence electrons. The van der Waals surface area contributed by atoms with Crippen LogP contribution in [0.1, 0.15) is 55.8 Å². The first-order valence-electron chi connectivity index (χ1n) is 7.65. The second kappa shape index (κ2) is 7.17. The van der Waals surface area contributed by atoms with E-state index in [2.05, 4.69) is 10.6 Å². The average Bonchev–Trinajstić information content (AvgIpc) is 2.70. The molecule has 1 aliphatic rings. The molecule has 1 aromatic carbocycles. The molecule has 1 amide bonds. The second-order valence-corrected chi connectivity index (χ2v) is 5.49. The standard InChI is InChI=1S/C16H25N3O/c1-2-18-16(20)12-9-10-14(17)15(11-12)19-13-7-5-3-4-6-8-13/h9-11,13,19H,2-8,17H2,1H3,(H,18,20). The van der Waals surface area contributed by atoms with E-state index in [0.717, 1.165) is 5.69 Å². The summed E-state index contributed by atoms with van der Waals surface area (Å²) in [6, 6.07) is 5.93. The first kappa shape index (κ1) is 14.7. The minimum absolute atomic E-state index is 0.0450. The molecule has 0 aromatic heterocycles.